The Balaban J connectivity index is 1.49. The van der Waals surface area contributed by atoms with E-state index in [0.29, 0.717) is 28.9 Å². The minimum absolute atomic E-state index is 0.0594. The van der Waals surface area contributed by atoms with E-state index in [1.807, 2.05) is 6.26 Å². The van der Waals surface area contributed by atoms with Crippen LogP contribution in [-0.4, -0.2) is 75.2 Å². The number of thioether (sulfide) groups is 1. The summed E-state index contributed by atoms with van der Waals surface area (Å²) in [4.78, 5) is 32.2. The van der Waals surface area contributed by atoms with Crippen molar-refractivity contribution < 1.29 is 36.7 Å². The lowest BCUT2D eigenvalue weighted by molar-refractivity contribution is -0.352. The van der Waals surface area contributed by atoms with E-state index in [1.54, 1.807) is 56.8 Å². The first-order valence-electron chi connectivity index (χ1n) is 14.1. The summed E-state index contributed by atoms with van der Waals surface area (Å²) in [6.07, 6.45) is -1.54. The lowest BCUT2D eigenvalue weighted by Gasteiger charge is -2.33. The molecule has 1 atom stereocenters. The zero-order chi connectivity index (χ0) is 32.1. The molecule has 0 aliphatic heterocycles. The van der Waals surface area contributed by atoms with Crippen LogP contribution in [0.4, 0.5) is 18.0 Å². The summed E-state index contributed by atoms with van der Waals surface area (Å²) in [6, 6.07) is 6.21. The summed E-state index contributed by atoms with van der Waals surface area (Å²) in [5.41, 5.74) is 0.194. The fourth-order valence-corrected chi connectivity index (χ4v) is 5.36. The van der Waals surface area contributed by atoms with E-state index in [4.69, 9.17) is 20.8 Å². The van der Waals surface area contributed by atoms with Crippen LogP contribution >= 0.6 is 23.4 Å². The van der Waals surface area contributed by atoms with Crippen LogP contribution in [0.5, 0.6) is 0 Å². The second-order valence-electron chi connectivity index (χ2n) is 11.5. The smallest absolute Gasteiger partial charge is 0.444 e. The van der Waals surface area contributed by atoms with Gasteiger partial charge in [0.15, 0.2) is 0 Å². The van der Waals surface area contributed by atoms with Crippen molar-refractivity contribution >= 4 is 46.3 Å². The number of halogens is 4. The molecule has 1 N–H and O–H groups in total. The molecule has 1 aromatic carbocycles. The van der Waals surface area contributed by atoms with Gasteiger partial charge in [-0.3, -0.25) is 19.4 Å². The zero-order valence-electron chi connectivity index (χ0n) is 24.8. The van der Waals surface area contributed by atoms with Crippen LogP contribution < -0.4 is 5.32 Å². The number of hydrogen-bond acceptors (Lipinski definition) is 9. The molecule has 4 rings (SSSR count). The molecule has 1 aliphatic rings. The van der Waals surface area contributed by atoms with Crippen LogP contribution in [0.15, 0.2) is 34.9 Å². The topological polar surface area (TPSA) is 120 Å². The van der Waals surface area contributed by atoms with Crippen LogP contribution in [0, 0.1) is 0 Å². The predicted octanol–water partition coefficient (Wildman–Crippen LogP) is 6.91. The number of nitrogens with zero attached hydrogens (tertiary/aromatic N) is 4. The molecule has 15 heteroatoms. The van der Waals surface area contributed by atoms with Crippen molar-refractivity contribution in [3.05, 3.63) is 52.8 Å². The minimum Gasteiger partial charge on any atom is -0.444 e. The molecule has 3 aromatic rings. The number of amides is 2. The number of pyridine rings is 1. The van der Waals surface area contributed by atoms with E-state index in [0.717, 1.165) is 11.1 Å². The molecule has 0 bridgehead atoms. The maximum absolute atomic E-state index is 13.5. The van der Waals surface area contributed by atoms with Gasteiger partial charge in [0, 0.05) is 35.6 Å². The Morgan fingerprint density at radius 3 is 2.64 bits per heavy atom. The van der Waals surface area contributed by atoms with Gasteiger partial charge in [-0.15, -0.1) is 23.4 Å². The molecule has 0 saturated heterocycles. The highest BCUT2D eigenvalue weighted by molar-refractivity contribution is 7.98. The van der Waals surface area contributed by atoms with Crippen molar-refractivity contribution in [1.29, 1.82) is 0 Å². The highest BCUT2D eigenvalue weighted by Gasteiger charge is 2.43. The Bertz CT molecular complexity index is 1440. The average molecular weight is 658 g/mol. The van der Waals surface area contributed by atoms with E-state index >= 15 is 0 Å². The Kier molecular flexibility index (Phi) is 11.0. The van der Waals surface area contributed by atoms with Crippen LogP contribution in [0.1, 0.15) is 80.6 Å². The number of fused-ring (bicyclic) bond motifs is 1. The van der Waals surface area contributed by atoms with Crippen molar-refractivity contribution in [3.63, 3.8) is 0 Å². The predicted molar refractivity (Wildman–Crippen MR) is 160 cm³/mol. The van der Waals surface area contributed by atoms with Crippen molar-refractivity contribution in [2.45, 2.75) is 76.5 Å². The summed E-state index contributed by atoms with van der Waals surface area (Å²) in [5, 5.41) is 12.4. The third-order valence-corrected chi connectivity index (χ3v) is 7.79. The fraction of sp³-hybridized carbons (Fsp3) is 0.552. The summed E-state index contributed by atoms with van der Waals surface area (Å²) in [7, 11) is 0. The number of benzene rings is 1. The number of carbonyl (C=O) groups excluding carboxylic acids is 2. The van der Waals surface area contributed by atoms with Gasteiger partial charge in [0.1, 0.15) is 11.6 Å². The van der Waals surface area contributed by atoms with Gasteiger partial charge in [0.25, 0.3) is 5.91 Å². The molecule has 1 fully saturated rings. The highest BCUT2D eigenvalue weighted by Crippen LogP contribution is 2.41. The summed E-state index contributed by atoms with van der Waals surface area (Å²) < 4.78 is 53.4. The number of carbonyl (C=O) groups is 2. The van der Waals surface area contributed by atoms with Crippen molar-refractivity contribution in [3.8, 4) is 0 Å². The Labute approximate surface area is 262 Å². The van der Waals surface area contributed by atoms with Gasteiger partial charge in [-0.2, -0.15) is 11.8 Å². The van der Waals surface area contributed by atoms with Gasteiger partial charge < -0.3 is 14.5 Å². The van der Waals surface area contributed by atoms with E-state index in [9.17, 15) is 22.8 Å². The third-order valence-electron chi connectivity index (χ3n) is 6.86. The minimum atomic E-state index is -4.71. The quantitative estimate of drug-likeness (QED) is 0.207. The first-order valence-corrected chi connectivity index (χ1v) is 15.9. The number of alkyl halides is 3. The second-order valence-corrected chi connectivity index (χ2v) is 12.9. The molecule has 10 nitrogen and oxygen atoms in total. The summed E-state index contributed by atoms with van der Waals surface area (Å²) in [5.74, 6) is 0.389. The molecule has 2 aromatic heterocycles. The summed E-state index contributed by atoms with van der Waals surface area (Å²) >= 11 is 7.67. The monoisotopic (exact) mass is 657 g/mol. The molecular formula is C29H35ClF3N5O5S. The maximum atomic E-state index is 13.5. The molecule has 2 heterocycles. The SMILES string of the molecule is CSCCC[C@H](c1nnc(C2CC(OC(F)(F)F)C2)o1)N(CCNC(=O)c1cnc2cc(Cl)ccc2c1)C(=O)OC(C)(C)C. The van der Waals surface area contributed by atoms with E-state index in [-0.39, 0.29) is 49.5 Å². The van der Waals surface area contributed by atoms with Gasteiger partial charge in [0.05, 0.1) is 17.2 Å². The molecule has 0 unspecified atom stereocenters. The van der Waals surface area contributed by atoms with Gasteiger partial charge in [-0.25, -0.2) is 4.79 Å². The average Bonchev–Trinajstić information content (AvgIpc) is 3.39. The maximum Gasteiger partial charge on any atom is 0.522 e. The van der Waals surface area contributed by atoms with Gasteiger partial charge in [-0.1, -0.05) is 17.7 Å². The molecule has 240 valence electrons. The van der Waals surface area contributed by atoms with Crippen LogP contribution in [0.25, 0.3) is 10.9 Å². The second kappa shape index (κ2) is 14.3. The molecule has 44 heavy (non-hydrogen) atoms. The van der Waals surface area contributed by atoms with Crippen LogP contribution in [-0.2, 0) is 9.47 Å². The van der Waals surface area contributed by atoms with Crippen molar-refractivity contribution in [1.82, 2.24) is 25.4 Å². The lowest BCUT2D eigenvalue weighted by Crippen LogP contribution is -2.43. The Morgan fingerprint density at radius 1 is 1.20 bits per heavy atom. The molecule has 0 spiro atoms. The molecule has 1 aliphatic carbocycles. The zero-order valence-corrected chi connectivity index (χ0v) is 26.4. The number of ether oxygens (including phenoxy) is 2. The Hall–Kier alpha value is -3.10. The number of nitrogens with one attached hydrogen (secondary N) is 1. The van der Waals surface area contributed by atoms with Crippen LogP contribution in [0.3, 0.4) is 0 Å². The van der Waals surface area contributed by atoms with Crippen molar-refractivity contribution in [2.75, 3.05) is 25.1 Å². The normalized spacial score (nSPS) is 17.6. The van der Waals surface area contributed by atoms with E-state index in [2.05, 4.69) is 25.2 Å². The molecule has 2 amide bonds. The lowest BCUT2D eigenvalue weighted by atomic mass is 9.82. The van der Waals surface area contributed by atoms with E-state index in [1.165, 1.54) is 11.1 Å². The fourth-order valence-electron chi connectivity index (χ4n) is 4.74. The first-order chi connectivity index (χ1) is 20.7. The van der Waals surface area contributed by atoms with Crippen LogP contribution in [0.2, 0.25) is 5.02 Å². The third kappa shape index (κ3) is 9.45. The van der Waals surface area contributed by atoms with Gasteiger partial charge in [-0.05, 0) is 76.7 Å². The number of aromatic nitrogens is 3. The van der Waals surface area contributed by atoms with Gasteiger partial charge in [0.2, 0.25) is 11.8 Å². The summed E-state index contributed by atoms with van der Waals surface area (Å²) in [6.45, 7) is 5.37. The number of hydrogen-bond donors (Lipinski definition) is 1. The van der Waals surface area contributed by atoms with Gasteiger partial charge >= 0.3 is 12.5 Å². The van der Waals surface area contributed by atoms with E-state index < -0.39 is 30.2 Å². The number of rotatable bonds is 12. The molecular weight excluding hydrogens is 623 g/mol. The standard InChI is InChI=1S/C29H35ClF3N5O5S/c1-28(2,3)43-27(40)38(10-9-34-24(39)19-12-17-7-8-20(30)15-22(17)35-16-19)23(6-5-11-44-4)26-37-36-25(41-26)18-13-21(14-18)42-29(31,32)33/h7-8,12,15-16,18,21,23H,5-6,9-11,13-14H2,1-4H3,(H,34,39)/t18?,21?,23-/m1/s1. The molecule has 1 saturated carbocycles. The molecule has 0 radical (unpaired) electrons. The van der Waals surface area contributed by atoms with Crippen molar-refractivity contribution in [2.24, 2.45) is 0 Å². The largest absolute Gasteiger partial charge is 0.522 e. The first kappa shape index (κ1) is 33.8. The highest BCUT2D eigenvalue weighted by atomic mass is 35.5. The Morgan fingerprint density at radius 2 is 1.95 bits per heavy atom.